The Hall–Kier alpha value is -2.20. The van der Waals surface area contributed by atoms with Gasteiger partial charge in [-0.15, -0.1) is 0 Å². The van der Waals surface area contributed by atoms with Crippen molar-refractivity contribution in [3.05, 3.63) is 0 Å². The Kier molecular flexibility index (Phi) is 10.0. The fourth-order valence-corrected chi connectivity index (χ4v) is 3.00. The molecule has 1 rings (SSSR count). The summed E-state index contributed by atoms with van der Waals surface area (Å²) in [5.41, 5.74) is 0. The molecule has 10 nitrogen and oxygen atoms in total. The van der Waals surface area contributed by atoms with E-state index in [1.165, 1.54) is 27.7 Å². The third-order valence-corrected chi connectivity index (χ3v) is 4.01. The third-order valence-electron chi connectivity index (χ3n) is 4.01. The zero-order valence-electron chi connectivity index (χ0n) is 17.7. The van der Waals surface area contributed by atoms with E-state index in [0.717, 1.165) is 6.42 Å². The quantitative estimate of drug-likeness (QED) is 0.399. The Balaban J connectivity index is 3.28. The molecule has 0 unspecified atom stereocenters. The van der Waals surface area contributed by atoms with E-state index in [0.29, 0.717) is 6.42 Å². The van der Waals surface area contributed by atoms with Crippen LogP contribution in [0.5, 0.6) is 0 Å². The van der Waals surface area contributed by atoms with Gasteiger partial charge in [0.15, 0.2) is 24.6 Å². The lowest BCUT2D eigenvalue weighted by Gasteiger charge is -2.44. The maximum Gasteiger partial charge on any atom is 0.303 e. The second-order valence-electron chi connectivity index (χ2n) is 6.80. The van der Waals surface area contributed by atoms with Crippen molar-refractivity contribution in [1.82, 2.24) is 0 Å². The Morgan fingerprint density at radius 2 is 1.34 bits per heavy atom. The van der Waals surface area contributed by atoms with Crippen molar-refractivity contribution in [1.29, 1.82) is 0 Å². The number of hydrogen-bond acceptors (Lipinski definition) is 10. The van der Waals surface area contributed by atoms with Crippen molar-refractivity contribution in [3.63, 3.8) is 0 Å². The first-order valence-electron chi connectivity index (χ1n) is 9.51. The second-order valence-corrected chi connectivity index (χ2v) is 6.80. The van der Waals surface area contributed by atoms with E-state index in [4.69, 9.17) is 28.4 Å². The molecule has 0 spiro atoms. The van der Waals surface area contributed by atoms with Crippen LogP contribution in [0.1, 0.15) is 54.4 Å². The summed E-state index contributed by atoms with van der Waals surface area (Å²) >= 11 is 0. The van der Waals surface area contributed by atoms with Gasteiger partial charge in [0, 0.05) is 27.7 Å². The second kappa shape index (κ2) is 11.7. The number of ether oxygens (including phenoxy) is 6. The van der Waals surface area contributed by atoms with Crippen LogP contribution in [-0.2, 0) is 47.6 Å². The summed E-state index contributed by atoms with van der Waals surface area (Å²) in [6.45, 7) is 8.25. The summed E-state index contributed by atoms with van der Waals surface area (Å²) in [5.74, 6) is -2.59. The molecular weight excluding hydrogens is 388 g/mol. The molecule has 0 aliphatic carbocycles. The molecule has 0 saturated carbocycles. The van der Waals surface area contributed by atoms with E-state index in [1.807, 2.05) is 13.8 Å². The highest BCUT2D eigenvalue weighted by Gasteiger charge is 2.53. The maximum absolute atomic E-state index is 11.7. The molecule has 0 radical (unpaired) electrons. The zero-order chi connectivity index (χ0) is 22.1. The van der Waals surface area contributed by atoms with Crippen molar-refractivity contribution in [3.8, 4) is 0 Å². The largest absolute Gasteiger partial charge is 0.463 e. The van der Waals surface area contributed by atoms with Crippen LogP contribution in [0.4, 0.5) is 0 Å². The van der Waals surface area contributed by atoms with E-state index < -0.39 is 54.6 Å². The van der Waals surface area contributed by atoms with Gasteiger partial charge in [0.2, 0.25) is 0 Å². The molecule has 0 aromatic heterocycles. The van der Waals surface area contributed by atoms with E-state index in [1.54, 1.807) is 0 Å². The Bertz CT molecular complexity index is 590. The van der Waals surface area contributed by atoms with E-state index in [-0.39, 0.29) is 12.7 Å². The highest BCUT2D eigenvalue weighted by atomic mass is 16.7. The predicted octanol–water partition coefficient (Wildman–Crippen LogP) is 1.27. The first kappa shape index (κ1) is 24.8. The lowest BCUT2D eigenvalue weighted by atomic mass is 9.98. The van der Waals surface area contributed by atoms with Gasteiger partial charge in [-0.05, 0) is 13.3 Å². The molecule has 0 aromatic rings. The minimum absolute atomic E-state index is 0.263. The standard InChI is InChI=1S/C19H30O10/c1-7-8-10(2)25-19-18(28-14(6)23)17(27-13(5)22)16(26-12(4)21)15(29-19)9-24-11(3)20/h10,15-19H,7-9H2,1-6H3/t10-,15-,16-,17+,18-,19-/m1/s1. The average molecular weight is 418 g/mol. The van der Waals surface area contributed by atoms with Crippen LogP contribution in [0.25, 0.3) is 0 Å². The minimum atomic E-state index is -1.21. The van der Waals surface area contributed by atoms with Gasteiger partial charge < -0.3 is 28.4 Å². The summed E-state index contributed by atoms with van der Waals surface area (Å²) in [7, 11) is 0. The van der Waals surface area contributed by atoms with Crippen LogP contribution in [0.3, 0.4) is 0 Å². The van der Waals surface area contributed by atoms with Gasteiger partial charge in [-0.25, -0.2) is 0 Å². The lowest BCUT2D eigenvalue weighted by molar-refractivity contribution is -0.316. The molecular formula is C19H30O10. The summed E-state index contributed by atoms with van der Waals surface area (Å²) in [6, 6.07) is 0. The van der Waals surface area contributed by atoms with Gasteiger partial charge in [-0.3, -0.25) is 19.2 Å². The van der Waals surface area contributed by atoms with Gasteiger partial charge in [0.25, 0.3) is 0 Å². The van der Waals surface area contributed by atoms with Crippen molar-refractivity contribution >= 4 is 23.9 Å². The van der Waals surface area contributed by atoms with Gasteiger partial charge >= 0.3 is 23.9 Å². The monoisotopic (exact) mass is 418 g/mol. The van der Waals surface area contributed by atoms with Gasteiger partial charge in [-0.2, -0.15) is 0 Å². The van der Waals surface area contributed by atoms with Crippen LogP contribution in [-0.4, -0.2) is 67.3 Å². The number of carbonyl (C=O) groups is 4. The van der Waals surface area contributed by atoms with Crippen molar-refractivity contribution in [2.24, 2.45) is 0 Å². The van der Waals surface area contributed by atoms with E-state index in [9.17, 15) is 19.2 Å². The molecule has 1 fully saturated rings. The normalized spacial score (nSPS) is 27.4. The number of rotatable bonds is 9. The van der Waals surface area contributed by atoms with Gasteiger partial charge in [-0.1, -0.05) is 13.3 Å². The van der Waals surface area contributed by atoms with Crippen molar-refractivity contribution in [2.45, 2.75) is 91.2 Å². The minimum Gasteiger partial charge on any atom is -0.463 e. The predicted molar refractivity (Wildman–Crippen MR) is 97.4 cm³/mol. The van der Waals surface area contributed by atoms with Crippen LogP contribution in [0, 0.1) is 0 Å². The van der Waals surface area contributed by atoms with Crippen LogP contribution < -0.4 is 0 Å². The Morgan fingerprint density at radius 1 is 0.828 bits per heavy atom. The number of carbonyl (C=O) groups excluding carboxylic acids is 4. The first-order valence-corrected chi connectivity index (χ1v) is 9.51. The smallest absolute Gasteiger partial charge is 0.303 e. The Morgan fingerprint density at radius 3 is 1.83 bits per heavy atom. The molecule has 166 valence electrons. The Labute approximate surface area is 170 Å². The molecule has 0 N–H and O–H groups in total. The molecule has 1 heterocycles. The molecule has 0 bridgehead atoms. The molecule has 29 heavy (non-hydrogen) atoms. The number of esters is 4. The zero-order valence-corrected chi connectivity index (χ0v) is 17.7. The lowest BCUT2D eigenvalue weighted by Crippen LogP contribution is -2.63. The fraction of sp³-hybridized carbons (Fsp3) is 0.789. The summed E-state index contributed by atoms with van der Waals surface area (Å²) in [4.78, 5) is 46.3. The third kappa shape index (κ3) is 8.36. The summed E-state index contributed by atoms with van der Waals surface area (Å²) in [5, 5.41) is 0. The van der Waals surface area contributed by atoms with Crippen LogP contribution in [0.15, 0.2) is 0 Å². The molecule has 1 aliphatic rings. The highest BCUT2D eigenvalue weighted by molar-refractivity contribution is 5.68. The molecule has 6 atom stereocenters. The first-order chi connectivity index (χ1) is 13.5. The van der Waals surface area contributed by atoms with Crippen molar-refractivity contribution in [2.75, 3.05) is 6.61 Å². The molecule has 0 amide bonds. The van der Waals surface area contributed by atoms with Gasteiger partial charge in [0.1, 0.15) is 12.7 Å². The molecule has 10 heteroatoms. The summed E-state index contributed by atoms with van der Waals surface area (Å²) < 4.78 is 32.7. The van der Waals surface area contributed by atoms with E-state index >= 15 is 0 Å². The number of hydrogen-bond donors (Lipinski definition) is 0. The van der Waals surface area contributed by atoms with Gasteiger partial charge in [0.05, 0.1) is 6.10 Å². The van der Waals surface area contributed by atoms with Crippen molar-refractivity contribution < 1.29 is 47.6 Å². The SMILES string of the molecule is CCC[C@@H](C)O[C@@H]1O[C@H](COC(C)=O)[C@@H](OC(C)=O)[C@H](OC(C)=O)[C@H]1OC(C)=O. The molecule has 1 saturated heterocycles. The average Bonchev–Trinajstić information content (AvgIpc) is 2.57. The van der Waals surface area contributed by atoms with Crippen LogP contribution >= 0.6 is 0 Å². The van der Waals surface area contributed by atoms with Crippen LogP contribution in [0.2, 0.25) is 0 Å². The summed E-state index contributed by atoms with van der Waals surface area (Å²) in [6.07, 6.45) is -4.43. The van der Waals surface area contributed by atoms with E-state index in [2.05, 4.69) is 0 Å². The molecule has 1 aliphatic heterocycles. The highest BCUT2D eigenvalue weighted by Crippen LogP contribution is 2.30. The molecule has 0 aromatic carbocycles. The maximum atomic E-state index is 11.7. The fourth-order valence-electron chi connectivity index (χ4n) is 3.00. The topological polar surface area (TPSA) is 124 Å².